The molecule has 1 aromatic heterocycles. The number of pyridine rings is 1. The highest BCUT2D eigenvalue weighted by Gasteiger charge is 2.01. The average Bonchev–Trinajstić information content (AvgIpc) is 2.11. The molecular weight excluding hydrogens is 172 g/mol. The number of rotatable bonds is 2. The first-order valence-electron chi connectivity index (χ1n) is 3.66. The Bertz CT molecular complexity index is 370. The SMILES string of the molecule is COC(=O)Cn1ccc(=O)c(N)c1. The molecule has 70 valence electrons. The van der Waals surface area contributed by atoms with Crippen molar-refractivity contribution in [1.29, 1.82) is 0 Å². The van der Waals surface area contributed by atoms with Crippen LogP contribution in [0.3, 0.4) is 0 Å². The van der Waals surface area contributed by atoms with Crippen LogP contribution in [0.1, 0.15) is 0 Å². The van der Waals surface area contributed by atoms with Crippen molar-refractivity contribution >= 4 is 11.7 Å². The smallest absolute Gasteiger partial charge is 0.325 e. The van der Waals surface area contributed by atoms with E-state index in [0.29, 0.717) is 0 Å². The molecule has 0 aromatic carbocycles. The van der Waals surface area contributed by atoms with Crippen LogP contribution < -0.4 is 11.2 Å². The minimum absolute atomic E-state index is 0.0565. The van der Waals surface area contributed by atoms with Crippen LogP contribution in [-0.4, -0.2) is 17.6 Å². The fraction of sp³-hybridized carbons (Fsp3) is 0.250. The zero-order valence-corrected chi connectivity index (χ0v) is 7.19. The van der Waals surface area contributed by atoms with E-state index < -0.39 is 0 Å². The molecule has 2 N–H and O–H groups in total. The van der Waals surface area contributed by atoms with E-state index in [1.165, 1.54) is 30.1 Å². The molecule has 0 spiro atoms. The third-order valence-electron chi connectivity index (χ3n) is 1.55. The number of aromatic nitrogens is 1. The number of hydrogen-bond acceptors (Lipinski definition) is 4. The van der Waals surface area contributed by atoms with Gasteiger partial charge in [0, 0.05) is 18.5 Å². The predicted molar refractivity (Wildman–Crippen MR) is 47.1 cm³/mol. The predicted octanol–water partition coefficient (Wildman–Crippen LogP) is -0.397. The van der Waals surface area contributed by atoms with Crippen LogP contribution in [0.5, 0.6) is 0 Å². The largest absolute Gasteiger partial charge is 0.468 e. The number of carbonyl (C=O) groups is 1. The highest BCUT2D eigenvalue weighted by Crippen LogP contribution is 1.93. The second-order valence-corrected chi connectivity index (χ2v) is 2.51. The van der Waals surface area contributed by atoms with E-state index in [4.69, 9.17) is 5.73 Å². The van der Waals surface area contributed by atoms with Gasteiger partial charge in [0.15, 0.2) is 0 Å². The van der Waals surface area contributed by atoms with Gasteiger partial charge in [0.05, 0.1) is 12.8 Å². The van der Waals surface area contributed by atoms with Crippen LogP contribution in [0.2, 0.25) is 0 Å². The minimum Gasteiger partial charge on any atom is -0.468 e. The molecule has 0 unspecified atom stereocenters. The topological polar surface area (TPSA) is 74.3 Å². The molecule has 1 rings (SSSR count). The standard InChI is InChI=1S/C8H10N2O3/c1-13-8(12)5-10-3-2-7(11)6(9)4-10/h2-4H,5,9H2,1H3. The molecule has 1 aromatic rings. The second-order valence-electron chi connectivity index (χ2n) is 2.51. The molecule has 0 amide bonds. The summed E-state index contributed by atoms with van der Waals surface area (Å²) in [7, 11) is 1.30. The Hall–Kier alpha value is -1.78. The van der Waals surface area contributed by atoms with Crippen LogP contribution in [-0.2, 0) is 16.1 Å². The molecule has 0 saturated heterocycles. The molecule has 13 heavy (non-hydrogen) atoms. The van der Waals surface area contributed by atoms with Crippen LogP contribution >= 0.6 is 0 Å². The number of nitrogens with zero attached hydrogens (tertiary/aromatic N) is 1. The number of anilines is 1. The number of hydrogen-bond donors (Lipinski definition) is 1. The van der Waals surface area contributed by atoms with E-state index in [-0.39, 0.29) is 23.6 Å². The van der Waals surface area contributed by atoms with Gasteiger partial charge in [0.2, 0.25) is 5.43 Å². The van der Waals surface area contributed by atoms with Gasteiger partial charge in [-0.3, -0.25) is 9.59 Å². The second kappa shape index (κ2) is 3.75. The number of nitrogen functional groups attached to an aromatic ring is 1. The summed E-state index contributed by atoms with van der Waals surface area (Å²) < 4.78 is 5.93. The van der Waals surface area contributed by atoms with Crippen LogP contribution in [0.25, 0.3) is 0 Å². The number of esters is 1. The Balaban J connectivity index is 2.86. The Morgan fingerprint density at radius 2 is 2.38 bits per heavy atom. The van der Waals surface area contributed by atoms with Gasteiger partial charge in [0.1, 0.15) is 6.54 Å². The van der Waals surface area contributed by atoms with E-state index in [0.717, 1.165) is 0 Å². The number of methoxy groups -OCH3 is 1. The first kappa shape index (κ1) is 9.31. The summed E-state index contributed by atoms with van der Waals surface area (Å²) in [4.78, 5) is 21.7. The molecule has 0 fully saturated rings. The highest BCUT2D eigenvalue weighted by molar-refractivity contribution is 5.69. The summed E-state index contributed by atoms with van der Waals surface area (Å²) in [6.45, 7) is 0.0565. The third kappa shape index (κ3) is 2.33. The van der Waals surface area contributed by atoms with Gasteiger partial charge in [-0.2, -0.15) is 0 Å². The summed E-state index contributed by atoms with van der Waals surface area (Å²) in [6, 6.07) is 1.30. The van der Waals surface area contributed by atoms with Crippen molar-refractivity contribution in [2.45, 2.75) is 6.54 Å². The molecule has 0 bridgehead atoms. The molecule has 0 atom stereocenters. The van der Waals surface area contributed by atoms with E-state index in [1.54, 1.807) is 0 Å². The van der Waals surface area contributed by atoms with Crippen molar-refractivity contribution in [3.05, 3.63) is 28.7 Å². The van der Waals surface area contributed by atoms with Crippen molar-refractivity contribution in [1.82, 2.24) is 4.57 Å². The maximum atomic E-state index is 10.9. The van der Waals surface area contributed by atoms with Gasteiger partial charge in [-0.15, -0.1) is 0 Å². The lowest BCUT2D eigenvalue weighted by Gasteiger charge is -2.04. The maximum absolute atomic E-state index is 10.9. The number of ether oxygens (including phenoxy) is 1. The summed E-state index contributed by atoms with van der Waals surface area (Å²) in [5, 5.41) is 0. The Kier molecular flexibility index (Phi) is 2.69. The van der Waals surface area contributed by atoms with Gasteiger partial charge in [-0.1, -0.05) is 0 Å². The summed E-state index contributed by atoms with van der Waals surface area (Å²) in [5.74, 6) is -0.386. The lowest BCUT2D eigenvalue weighted by molar-refractivity contribution is -0.141. The third-order valence-corrected chi connectivity index (χ3v) is 1.55. The van der Waals surface area contributed by atoms with Gasteiger partial charge in [-0.05, 0) is 0 Å². The summed E-state index contributed by atoms with van der Waals surface area (Å²) in [6.07, 6.45) is 2.88. The lowest BCUT2D eigenvalue weighted by atomic mass is 10.4. The Morgan fingerprint density at radius 1 is 1.69 bits per heavy atom. The normalized spacial score (nSPS) is 9.62. The number of nitrogens with two attached hydrogens (primary N) is 1. The van der Waals surface area contributed by atoms with Crippen molar-refractivity contribution in [2.75, 3.05) is 12.8 Å². The first-order chi connectivity index (χ1) is 6.13. The molecule has 0 aliphatic carbocycles. The van der Waals surface area contributed by atoms with Gasteiger partial charge >= 0.3 is 5.97 Å². The zero-order valence-electron chi connectivity index (χ0n) is 7.19. The summed E-state index contributed by atoms with van der Waals surface area (Å²) in [5.41, 5.74) is 5.22. The molecule has 0 saturated carbocycles. The van der Waals surface area contributed by atoms with Crippen LogP contribution in [0, 0.1) is 0 Å². The van der Waals surface area contributed by atoms with Crippen LogP contribution in [0.4, 0.5) is 5.69 Å². The van der Waals surface area contributed by atoms with E-state index in [9.17, 15) is 9.59 Å². The van der Waals surface area contributed by atoms with E-state index in [1.807, 2.05) is 0 Å². The fourth-order valence-electron chi connectivity index (χ4n) is 0.857. The average molecular weight is 182 g/mol. The van der Waals surface area contributed by atoms with Crippen molar-refractivity contribution in [3.8, 4) is 0 Å². The van der Waals surface area contributed by atoms with Gasteiger partial charge in [-0.25, -0.2) is 0 Å². The van der Waals surface area contributed by atoms with E-state index >= 15 is 0 Å². The molecule has 0 radical (unpaired) electrons. The monoisotopic (exact) mass is 182 g/mol. The van der Waals surface area contributed by atoms with Crippen molar-refractivity contribution in [3.63, 3.8) is 0 Å². The molecule has 0 aliphatic rings. The molecule has 1 heterocycles. The maximum Gasteiger partial charge on any atom is 0.325 e. The highest BCUT2D eigenvalue weighted by atomic mass is 16.5. The Morgan fingerprint density at radius 3 is 2.92 bits per heavy atom. The quantitative estimate of drug-likeness (QED) is 0.632. The number of carbonyl (C=O) groups excluding carboxylic acids is 1. The van der Waals surface area contributed by atoms with Gasteiger partial charge < -0.3 is 15.0 Å². The molecule has 0 aliphatic heterocycles. The van der Waals surface area contributed by atoms with Crippen molar-refractivity contribution < 1.29 is 9.53 Å². The molecule has 5 heteroatoms. The van der Waals surface area contributed by atoms with Crippen molar-refractivity contribution in [2.24, 2.45) is 0 Å². The fourth-order valence-corrected chi connectivity index (χ4v) is 0.857. The van der Waals surface area contributed by atoms with Gasteiger partial charge in [0.25, 0.3) is 0 Å². The van der Waals surface area contributed by atoms with E-state index in [2.05, 4.69) is 4.74 Å². The first-order valence-corrected chi connectivity index (χ1v) is 3.66. The lowest BCUT2D eigenvalue weighted by Crippen LogP contribution is -2.15. The zero-order chi connectivity index (χ0) is 9.84. The minimum atomic E-state index is -0.386. The van der Waals surface area contributed by atoms with Crippen LogP contribution in [0.15, 0.2) is 23.3 Å². The Labute approximate surface area is 74.7 Å². The summed E-state index contributed by atoms with van der Waals surface area (Å²) >= 11 is 0. The molecule has 5 nitrogen and oxygen atoms in total. The molecular formula is C8H10N2O3.